The summed E-state index contributed by atoms with van der Waals surface area (Å²) < 4.78 is 12.7. The van der Waals surface area contributed by atoms with Gasteiger partial charge in [0.2, 0.25) is 0 Å². The quantitative estimate of drug-likeness (QED) is 0.412. The number of benzene rings is 3. The second kappa shape index (κ2) is 9.02. The Bertz CT molecular complexity index is 1160. The smallest absolute Gasteiger partial charge is 0.133 e. The molecule has 0 heterocycles. The first-order valence-electron chi connectivity index (χ1n) is 12.0. The van der Waals surface area contributed by atoms with Crippen LogP contribution in [0.4, 0.5) is 0 Å². The van der Waals surface area contributed by atoms with Gasteiger partial charge in [0.25, 0.3) is 0 Å². The lowest BCUT2D eigenvalue weighted by atomic mass is 9.65. The van der Waals surface area contributed by atoms with Crippen LogP contribution in [0.15, 0.2) is 36.4 Å². The molecule has 0 atom stereocenters. The molecule has 3 nitrogen and oxygen atoms in total. The summed E-state index contributed by atoms with van der Waals surface area (Å²) in [5, 5.41) is 10.1. The van der Waals surface area contributed by atoms with Crippen LogP contribution in [0, 0.1) is 47.0 Å². The predicted molar refractivity (Wildman–Crippen MR) is 142 cm³/mol. The highest BCUT2D eigenvalue weighted by Crippen LogP contribution is 2.44. The van der Waals surface area contributed by atoms with Crippen LogP contribution in [0.3, 0.4) is 0 Å². The van der Waals surface area contributed by atoms with Gasteiger partial charge in [0.15, 0.2) is 0 Å². The van der Waals surface area contributed by atoms with Crippen LogP contribution in [-0.4, -0.2) is 5.11 Å². The van der Waals surface area contributed by atoms with Crippen molar-refractivity contribution in [1.29, 1.82) is 0 Å². The van der Waals surface area contributed by atoms with E-state index in [0.717, 1.165) is 56.4 Å². The van der Waals surface area contributed by atoms with Crippen molar-refractivity contribution in [3.05, 3.63) is 75.3 Å². The molecular formula is C31H40O3. The Morgan fingerprint density at radius 1 is 0.529 bits per heavy atom. The number of aryl methyl sites for hydroxylation is 6. The minimum Gasteiger partial charge on any atom is -0.507 e. The molecule has 0 aliphatic carbocycles. The molecule has 3 heteroatoms. The van der Waals surface area contributed by atoms with E-state index in [2.05, 4.69) is 60.6 Å². The average molecular weight is 461 g/mol. The Labute approximate surface area is 205 Å². The minimum atomic E-state index is 0.0398. The van der Waals surface area contributed by atoms with E-state index >= 15 is 0 Å². The fraction of sp³-hybridized carbons (Fsp3) is 0.419. The maximum absolute atomic E-state index is 10.1. The van der Waals surface area contributed by atoms with Crippen LogP contribution < -0.4 is 9.47 Å². The first-order chi connectivity index (χ1) is 15.6. The second-order valence-corrected chi connectivity index (χ2v) is 11.3. The summed E-state index contributed by atoms with van der Waals surface area (Å²) in [6.07, 6.45) is 0. The molecule has 0 aromatic heterocycles. The number of hydrogen-bond donors (Lipinski definition) is 1. The highest BCUT2D eigenvalue weighted by Gasteiger charge is 2.35. The van der Waals surface area contributed by atoms with E-state index in [4.69, 9.17) is 9.47 Å². The third kappa shape index (κ3) is 4.94. The van der Waals surface area contributed by atoms with Crippen LogP contribution in [0.25, 0.3) is 0 Å². The van der Waals surface area contributed by atoms with Crippen LogP contribution in [-0.2, 0) is 5.41 Å². The molecule has 0 fully saturated rings. The molecule has 0 bridgehead atoms. The summed E-state index contributed by atoms with van der Waals surface area (Å²) in [4.78, 5) is 0. The van der Waals surface area contributed by atoms with Gasteiger partial charge in [-0.3, -0.25) is 0 Å². The molecule has 3 aromatic rings. The molecule has 0 saturated heterocycles. The van der Waals surface area contributed by atoms with E-state index in [-0.39, 0.29) is 10.8 Å². The lowest BCUT2D eigenvalue weighted by Gasteiger charge is -2.40. The van der Waals surface area contributed by atoms with E-state index in [1.165, 1.54) is 5.56 Å². The summed E-state index contributed by atoms with van der Waals surface area (Å²) in [6.45, 7) is 23.6. The molecular weight excluding hydrogens is 420 g/mol. The Balaban J connectivity index is 1.92. The maximum Gasteiger partial charge on any atom is 0.133 e. The Morgan fingerprint density at radius 2 is 0.853 bits per heavy atom. The number of rotatable bonds is 5. The van der Waals surface area contributed by atoms with Crippen molar-refractivity contribution >= 4 is 0 Å². The average Bonchev–Trinajstić information content (AvgIpc) is 2.70. The van der Waals surface area contributed by atoms with Gasteiger partial charge in [0.1, 0.15) is 28.7 Å². The van der Waals surface area contributed by atoms with Crippen molar-refractivity contribution in [2.45, 2.75) is 81.6 Å². The summed E-state index contributed by atoms with van der Waals surface area (Å²) in [5.41, 5.74) is 7.39. The third-order valence-corrected chi connectivity index (χ3v) is 7.40. The second-order valence-electron chi connectivity index (χ2n) is 11.3. The van der Waals surface area contributed by atoms with Crippen molar-refractivity contribution in [1.82, 2.24) is 0 Å². The largest absolute Gasteiger partial charge is 0.507 e. The van der Waals surface area contributed by atoms with Crippen LogP contribution >= 0.6 is 0 Å². The monoisotopic (exact) mass is 460 g/mol. The maximum atomic E-state index is 10.1. The summed E-state index contributed by atoms with van der Waals surface area (Å²) in [5.74, 6) is 3.55. The van der Waals surface area contributed by atoms with Crippen molar-refractivity contribution in [2.24, 2.45) is 5.41 Å². The molecule has 3 rings (SSSR count). The SMILES string of the molecule is Cc1cc(Oc2c(C)cc(Oc3c(C)cc(C(C)(C)C(C)(C)C)cc3C)cc2C)cc(C)c1O. The van der Waals surface area contributed by atoms with Crippen molar-refractivity contribution in [3.63, 3.8) is 0 Å². The third-order valence-electron chi connectivity index (χ3n) is 7.40. The zero-order chi connectivity index (χ0) is 25.6. The molecule has 0 spiro atoms. The lowest BCUT2D eigenvalue weighted by molar-refractivity contribution is 0.225. The van der Waals surface area contributed by atoms with Gasteiger partial charge in [-0.25, -0.2) is 0 Å². The molecule has 182 valence electrons. The number of hydrogen-bond acceptors (Lipinski definition) is 3. The molecule has 0 saturated carbocycles. The fourth-order valence-corrected chi connectivity index (χ4v) is 4.25. The van der Waals surface area contributed by atoms with Gasteiger partial charge in [0.05, 0.1) is 0 Å². The van der Waals surface area contributed by atoms with Crippen molar-refractivity contribution < 1.29 is 14.6 Å². The van der Waals surface area contributed by atoms with E-state index in [1.54, 1.807) is 0 Å². The first kappa shape index (κ1) is 25.7. The van der Waals surface area contributed by atoms with E-state index in [1.807, 2.05) is 52.0 Å². The highest BCUT2D eigenvalue weighted by atomic mass is 16.5. The number of aromatic hydroxyl groups is 1. The molecule has 0 aliphatic rings. The van der Waals surface area contributed by atoms with E-state index in [0.29, 0.717) is 5.75 Å². The number of phenols is 1. The molecule has 0 amide bonds. The van der Waals surface area contributed by atoms with Crippen LogP contribution in [0.5, 0.6) is 28.7 Å². The molecule has 0 aliphatic heterocycles. The van der Waals surface area contributed by atoms with Crippen molar-refractivity contribution in [2.75, 3.05) is 0 Å². The van der Waals surface area contributed by atoms with Crippen molar-refractivity contribution in [3.8, 4) is 28.7 Å². The Kier molecular flexibility index (Phi) is 6.81. The molecule has 1 N–H and O–H groups in total. The molecule has 34 heavy (non-hydrogen) atoms. The Hall–Kier alpha value is -2.94. The van der Waals surface area contributed by atoms with Crippen LogP contribution in [0.1, 0.15) is 73.6 Å². The van der Waals surface area contributed by atoms with E-state index in [9.17, 15) is 5.11 Å². The topological polar surface area (TPSA) is 38.7 Å². The minimum absolute atomic E-state index is 0.0398. The summed E-state index contributed by atoms with van der Waals surface area (Å²) >= 11 is 0. The zero-order valence-corrected chi connectivity index (χ0v) is 22.7. The van der Waals surface area contributed by atoms with Gasteiger partial charge in [-0.15, -0.1) is 0 Å². The van der Waals surface area contributed by atoms with Gasteiger partial charge >= 0.3 is 0 Å². The van der Waals surface area contributed by atoms with Gasteiger partial charge in [-0.1, -0.05) is 46.8 Å². The molecule has 3 aromatic carbocycles. The predicted octanol–water partition coefficient (Wildman–Crippen LogP) is 9.15. The number of ether oxygens (including phenoxy) is 2. The Morgan fingerprint density at radius 3 is 1.21 bits per heavy atom. The fourth-order valence-electron chi connectivity index (χ4n) is 4.25. The van der Waals surface area contributed by atoms with Gasteiger partial charge in [0, 0.05) is 0 Å². The standard InChI is InChI=1S/C31H40O3/c1-18-14-25(15-19(2)27(18)32)33-29-22(5)16-26(17-23(29)6)34-28-20(3)12-24(13-21(28)4)31(10,11)30(7,8)9/h12-17,32H,1-11H3. The summed E-state index contributed by atoms with van der Waals surface area (Å²) in [7, 11) is 0. The van der Waals surface area contributed by atoms with Gasteiger partial charge in [-0.05, 0) is 116 Å². The van der Waals surface area contributed by atoms with Crippen LogP contribution in [0.2, 0.25) is 0 Å². The molecule has 0 unspecified atom stereocenters. The normalized spacial score (nSPS) is 12.1. The first-order valence-corrected chi connectivity index (χ1v) is 12.0. The highest BCUT2D eigenvalue weighted by molar-refractivity contribution is 5.53. The van der Waals surface area contributed by atoms with Gasteiger partial charge in [-0.2, -0.15) is 0 Å². The number of phenolic OH excluding ortho intramolecular Hbond substituents is 1. The zero-order valence-electron chi connectivity index (χ0n) is 22.7. The molecule has 0 radical (unpaired) electrons. The lowest BCUT2D eigenvalue weighted by Crippen LogP contribution is -2.34. The summed E-state index contributed by atoms with van der Waals surface area (Å²) in [6, 6.07) is 12.3. The van der Waals surface area contributed by atoms with Gasteiger partial charge < -0.3 is 14.6 Å². The van der Waals surface area contributed by atoms with E-state index < -0.39 is 0 Å².